The number of carbonyl (C=O) groups excluding carboxylic acids is 1. The maximum absolute atomic E-state index is 12.3. The Hall–Kier alpha value is -0.870. The molecule has 4 heteroatoms. The van der Waals surface area contributed by atoms with Crippen LogP contribution in [0, 0.1) is 5.92 Å². The van der Waals surface area contributed by atoms with Gasteiger partial charge in [-0.1, -0.05) is 40.2 Å². The molecule has 0 aromatic heterocycles. The molecule has 1 aromatic carbocycles. The summed E-state index contributed by atoms with van der Waals surface area (Å²) in [7, 11) is 0. The van der Waals surface area contributed by atoms with Crippen molar-refractivity contribution in [2.75, 3.05) is 19.8 Å². The summed E-state index contributed by atoms with van der Waals surface area (Å²) >= 11 is 3.44. The number of hydrogen-bond donors (Lipinski definition) is 0. The van der Waals surface area contributed by atoms with E-state index in [9.17, 15) is 4.79 Å². The van der Waals surface area contributed by atoms with Gasteiger partial charge in [0.2, 0.25) is 0 Å². The first-order valence-corrected chi connectivity index (χ1v) is 8.27. The van der Waals surface area contributed by atoms with Gasteiger partial charge in [0.05, 0.1) is 12.5 Å². The molecule has 20 heavy (non-hydrogen) atoms. The van der Waals surface area contributed by atoms with Crippen LogP contribution in [0.3, 0.4) is 0 Å². The molecular weight excluding hydrogens is 320 g/mol. The summed E-state index contributed by atoms with van der Waals surface area (Å²) in [4.78, 5) is 12.3. The van der Waals surface area contributed by atoms with Gasteiger partial charge in [-0.2, -0.15) is 0 Å². The lowest BCUT2D eigenvalue weighted by Gasteiger charge is -2.29. The van der Waals surface area contributed by atoms with Crippen molar-refractivity contribution in [1.29, 1.82) is 0 Å². The van der Waals surface area contributed by atoms with Crippen LogP contribution < -0.4 is 0 Å². The third kappa shape index (κ3) is 3.83. The van der Waals surface area contributed by atoms with Crippen molar-refractivity contribution < 1.29 is 14.3 Å². The lowest BCUT2D eigenvalue weighted by atomic mass is 9.81. The number of carbonyl (C=O) groups is 1. The van der Waals surface area contributed by atoms with Crippen molar-refractivity contribution >= 4 is 21.9 Å². The van der Waals surface area contributed by atoms with Gasteiger partial charge < -0.3 is 9.47 Å². The molecule has 1 fully saturated rings. The zero-order chi connectivity index (χ0) is 14.4. The zero-order valence-corrected chi connectivity index (χ0v) is 13.4. The standard InChI is InChI=1S/C16H21BrO3/c1-2-20-16(18)15(14-7-9-19-10-8-14)13-5-3-12(11-17)4-6-13/h3-6,14-15H,2,7-11H2,1H3. The fourth-order valence-corrected chi connectivity index (χ4v) is 3.07. The van der Waals surface area contributed by atoms with E-state index in [-0.39, 0.29) is 11.9 Å². The Bertz CT molecular complexity index is 424. The van der Waals surface area contributed by atoms with Gasteiger partial charge in [-0.25, -0.2) is 0 Å². The summed E-state index contributed by atoms with van der Waals surface area (Å²) in [6.45, 7) is 3.75. The van der Waals surface area contributed by atoms with E-state index in [1.54, 1.807) is 0 Å². The van der Waals surface area contributed by atoms with E-state index < -0.39 is 0 Å². The van der Waals surface area contributed by atoms with Crippen molar-refractivity contribution in [3.8, 4) is 0 Å². The molecular formula is C16H21BrO3. The summed E-state index contributed by atoms with van der Waals surface area (Å²) in [5.74, 6) is 0.0480. The van der Waals surface area contributed by atoms with E-state index in [0.29, 0.717) is 12.5 Å². The quantitative estimate of drug-likeness (QED) is 0.606. The minimum atomic E-state index is -0.164. The van der Waals surface area contributed by atoms with Crippen LogP contribution in [0.5, 0.6) is 0 Å². The van der Waals surface area contributed by atoms with Crippen molar-refractivity contribution in [2.24, 2.45) is 5.92 Å². The SMILES string of the molecule is CCOC(=O)C(c1ccc(CBr)cc1)C1CCOCC1. The second-order valence-corrected chi connectivity index (χ2v) is 5.62. The molecule has 1 aliphatic heterocycles. The maximum atomic E-state index is 12.3. The van der Waals surface area contributed by atoms with Crippen LogP contribution in [0.2, 0.25) is 0 Å². The van der Waals surface area contributed by atoms with Crippen LogP contribution in [0.4, 0.5) is 0 Å². The number of benzene rings is 1. The second-order valence-electron chi connectivity index (χ2n) is 5.05. The lowest BCUT2D eigenvalue weighted by Crippen LogP contribution is -2.28. The number of ether oxygens (including phenoxy) is 2. The van der Waals surface area contributed by atoms with Gasteiger partial charge in [0, 0.05) is 18.5 Å². The maximum Gasteiger partial charge on any atom is 0.313 e. The van der Waals surface area contributed by atoms with Crippen molar-refractivity contribution in [3.05, 3.63) is 35.4 Å². The molecule has 0 saturated carbocycles. The summed E-state index contributed by atoms with van der Waals surface area (Å²) in [6.07, 6.45) is 1.84. The van der Waals surface area contributed by atoms with E-state index in [0.717, 1.165) is 36.9 Å². The van der Waals surface area contributed by atoms with Gasteiger partial charge in [-0.3, -0.25) is 4.79 Å². The summed E-state index contributed by atoms with van der Waals surface area (Å²) in [5, 5.41) is 0.828. The van der Waals surface area contributed by atoms with E-state index in [1.165, 1.54) is 5.56 Å². The molecule has 1 aromatic rings. The predicted octanol–water partition coefficient (Wildman–Crippen LogP) is 3.65. The van der Waals surface area contributed by atoms with Crippen LogP contribution in [-0.2, 0) is 19.6 Å². The van der Waals surface area contributed by atoms with Gasteiger partial charge in [-0.05, 0) is 36.8 Å². The van der Waals surface area contributed by atoms with Crippen LogP contribution in [0.15, 0.2) is 24.3 Å². The molecule has 3 nitrogen and oxygen atoms in total. The molecule has 0 radical (unpaired) electrons. The van der Waals surface area contributed by atoms with E-state index >= 15 is 0 Å². The fraction of sp³-hybridized carbons (Fsp3) is 0.562. The molecule has 110 valence electrons. The molecule has 0 bridgehead atoms. The van der Waals surface area contributed by atoms with E-state index in [2.05, 4.69) is 28.1 Å². The topological polar surface area (TPSA) is 35.5 Å². The predicted molar refractivity (Wildman–Crippen MR) is 82.0 cm³/mol. The number of hydrogen-bond acceptors (Lipinski definition) is 3. The number of rotatable bonds is 5. The highest BCUT2D eigenvalue weighted by Gasteiger charge is 2.32. The minimum Gasteiger partial charge on any atom is -0.466 e. The third-order valence-corrected chi connectivity index (χ3v) is 4.42. The zero-order valence-electron chi connectivity index (χ0n) is 11.8. The van der Waals surface area contributed by atoms with Gasteiger partial charge in [-0.15, -0.1) is 0 Å². The average molecular weight is 341 g/mol. The van der Waals surface area contributed by atoms with E-state index in [1.807, 2.05) is 19.1 Å². The molecule has 1 heterocycles. The Morgan fingerprint density at radius 1 is 1.35 bits per heavy atom. The monoisotopic (exact) mass is 340 g/mol. The first-order chi connectivity index (χ1) is 9.76. The number of esters is 1. The highest BCUT2D eigenvalue weighted by Crippen LogP contribution is 2.33. The molecule has 1 unspecified atom stereocenters. The van der Waals surface area contributed by atoms with Crippen molar-refractivity contribution in [3.63, 3.8) is 0 Å². The van der Waals surface area contributed by atoms with Gasteiger partial charge in [0.25, 0.3) is 0 Å². The van der Waals surface area contributed by atoms with Crippen LogP contribution in [-0.4, -0.2) is 25.8 Å². The van der Waals surface area contributed by atoms with Crippen LogP contribution in [0.25, 0.3) is 0 Å². The van der Waals surface area contributed by atoms with Crippen molar-refractivity contribution in [1.82, 2.24) is 0 Å². The van der Waals surface area contributed by atoms with Gasteiger partial charge in [0.1, 0.15) is 0 Å². The molecule has 1 atom stereocenters. The molecule has 0 N–H and O–H groups in total. The summed E-state index contributed by atoms with van der Waals surface area (Å²) < 4.78 is 10.7. The Labute approximate surface area is 128 Å². The number of alkyl halides is 1. The Balaban J connectivity index is 2.21. The molecule has 0 spiro atoms. The van der Waals surface area contributed by atoms with Crippen molar-refractivity contribution in [2.45, 2.75) is 31.0 Å². The highest BCUT2D eigenvalue weighted by molar-refractivity contribution is 9.08. The fourth-order valence-electron chi connectivity index (χ4n) is 2.70. The first-order valence-electron chi connectivity index (χ1n) is 7.15. The lowest BCUT2D eigenvalue weighted by molar-refractivity contribution is -0.147. The molecule has 2 rings (SSSR count). The molecule has 0 amide bonds. The highest BCUT2D eigenvalue weighted by atomic mass is 79.9. The molecule has 1 aliphatic rings. The minimum absolute atomic E-state index is 0.106. The number of halogens is 1. The molecule has 0 aliphatic carbocycles. The van der Waals surface area contributed by atoms with E-state index in [4.69, 9.17) is 9.47 Å². The van der Waals surface area contributed by atoms with Gasteiger partial charge in [0.15, 0.2) is 0 Å². The molecule has 1 saturated heterocycles. The first kappa shape index (κ1) is 15.5. The smallest absolute Gasteiger partial charge is 0.313 e. The Morgan fingerprint density at radius 2 is 2.00 bits per heavy atom. The van der Waals surface area contributed by atoms with Crippen LogP contribution >= 0.6 is 15.9 Å². The van der Waals surface area contributed by atoms with Crippen LogP contribution in [0.1, 0.15) is 36.8 Å². The third-order valence-electron chi connectivity index (χ3n) is 3.77. The average Bonchev–Trinajstić information content (AvgIpc) is 2.50. The second kappa shape index (κ2) is 7.79. The summed E-state index contributed by atoms with van der Waals surface area (Å²) in [6, 6.07) is 8.23. The van der Waals surface area contributed by atoms with Gasteiger partial charge >= 0.3 is 5.97 Å². The Kier molecular flexibility index (Phi) is 6.05. The largest absolute Gasteiger partial charge is 0.466 e. The Morgan fingerprint density at radius 3 is 2.55 bits per heavy atom. The normalized spacial score (nSPS) is 17.7. The summed E-state index contributed by atoms with van der Waals surface area (Å²) in [5.41, 5.74) is 2.27.